The van der Waals surface area contributed by atoms with Gasteiger partial charge in [0.25, 0.3) is 0 Å². The molecule has 1 aromatic carbocycles. The summed E-state index contributed by atoms with van der Waals surface area (Å²) in [5.74, 6) is 0.115. The molecule has 0 radical (unpaired) electrons. The zero-order valence-corrected chi connectivity index (χ0v) is 12.3. The molecule has 0 heterocycles. The first kappa shape index (κ1) is 16.0. The molecule has 0 aromatic heterocycles. The summed E-state index contributed by atoms with van der Waals surface area (Å²) in [7, 11) is 1.51. The highest BCUT2D eigenvalue weighted by atomic mass is 19.1. The number of rotatable bonds is 9. The van der Waals surface area contributed by atoms with Crippen molar-refractivity contribution < 1.29 is 9.13 Å². The lowest BCUT2D eigenvalue weighted by Crippen LogP contribution is -2.31. The molecule has 0 fully saturated rings. The predicted octanol–water partition coefficient (Wildman–Crippen LogP) is 3.94. The monoisotopic (exact) mass is 267 g/mol. The van der Waals surface area contributed by atoms with Crippen LogP contribution in [0.2, 0.25) is 0 Å². The molecule has 0 spiro atoms. The second-order valence-electron chi connectivity index (χ2n) is 4.89. The second kappa shape index (κ2) is 8.92. The standard InChI is InChI=1S/C16H26FNO/c1-4-6-7-10-14(18-5-2)12-13-9-8-11-15(19-3)16(13)17/h8-9,11,14,18H,4-7,10,12H2,1-3H3. The van der Waals surface area contributed by atoms with E-state index in [1.54, 1.807) is 6.07 Å². The Morgan fingerprint density at radius 2 is 2.05 bits per heavy atom. The van der Waals surface area contributed by atoms with Crippen molar-refractivity contribution in [3.05, 3.63) is 29.6 Å². The van der Waals surface area contributed by atoms with Gasteiger partial charge in [-0.1, -0.05) is 45.2 Å². The van der Waals surface area contributed by atoms with Gasteiger partial charge in [0.15, 0.2) is 11.6 Å². The molecule has 0 saturated heterocycles. The van der Waals surface area contributed by atoms with Crippen LogP contribution in [0.25, 0.3) is 0 Å². The SMILES string of the molecule is CCCCCC(Cc1cccc(OC)c1F)NCC. The number of ether oxygens (including phenoxy) is 1. The van der Waals surface area contributed by atoms with Crippen molar-refractivity contribution in [2.24, 2.45) is 0 Å². The lowest BCUT2D eigenvalue weighted by Gasteiger charge is -2.18. The van der Waals surface area contributed by atoms with Gasteiger partial charge in [0.1, 0.15) is 0 Å². The van der Waals surface area contributed by atoms with E-state index in [-0.39, 0.29) is 5.82 Å². The molecule has 19 heavy (non-hydrogen) atoms. The van der Waals surface area contributed by atoms with Crippen LogP contribution in [0.1, 0.15) is 45.1 Å². The zero-order valence-electron chi connectivity index (χ0n) is 12.3. The minimum atomic E-state index is -0.219. The highest BCUT2D eigenvalue weighted by molar-refractivity contribution is 5.31. The zero-order chi connectivity index (χ0) is 14.1. The lowest BCUT2D eigenvalue weighted by atomic mass is 9.99. The summed E-state index contributed by atoms with van der Waals surface area (Å²) in [6, 6.07) is 5.71. The summed E-state index contributed by atoms with van der Waals surface area (Å²) in [6.45, 7) is 5.21. The molecule has 1 atom stereocenters. The van der Waals surface area contributed by atoms with E-state index >= 15 is 0 Å². The average molecular weight is 267 g/mol. The summed E-state index contributed by atoms with van der Waals surface area (Å²) in [5, 5.41) is 3.45. The number of nitrogens with one attached hydrogen (secondary N) is 1. The molecule has 1 unspecified atom stereocenters. The van der Waals surface area contributed by atoms with Gasteiger partial charge in [-0.3, -0.25) is 0 Å². The Bertz CT molecular complexity index is 368. The van der Waals surface area contributed by atoms with E-state index < -0.39 is 0 Å². The number of benzene rings is 1. The van der Waals surface area contributed by atoms with Gasteiger partial charge in [0.05, 0.1) is 7.11 Å². The Balaban J connectivity index is 2.67. The Morgan fingerprint density at radius 3 is 2.68 bits per heavy atom. The summed E-state index contributed by atoms with van der Waals surface area (Å²) in [6.07, 6.45) is 5.47. The van der Waals surface area contributed by atoms with Gasteiger partial charge in [-0.05, 0) is 31.0 Å². The van der Waals surface area contributed by atoms with Crippen LogP contribution in [-0.4, -0.2) is 19.7 Å². The molecule has 108 valence electrons. The van der Waals surface area contributed by atoms with Crippen LogP contribution in [0.4, 0.5) is 4.39 Å². The van der Waals surface area contributed by atoms with E-state index in [4.69, 9.17) is 4.74 Å². The maximum absolute atomic E-state index is 14.1. The molecule has 1 rings (SSSR count). The summed E-state index contributed by atoms with van der Waals surface area (Å²) < 4.78 is 19.1. The molecule has 2 nitrogen and oxygen atoms in total. The summed E-state index contributed by atoms with van der Waals surface area (Å²) >= 11 is 0. The second-order valence-corrected chi connectivity index (χ2v) is 4.89. The van der Waals surface area contributed by atoms with Crippen molar-refractivity contribution in [3.63, 3.8) is 0 Å². The fraction of sp³-hybridized carbons (Fsp3) is 0.625. The third kappa shape index (κ3) is 5.19. The summed E-state index contributed by atoms with van der Waals surface area (Å²) in [4.78, 5) is 0. The third-order valence-electron chi connectivity index (χ3n) is 3.38. The molecule has 0 amide bonds. The van der Waals surface area contributed by atoms with Gasteiger partial charge < -0.3 is 10.1 Å². The number of methoxy groups -OCH3 is 1. The third-order valence-corrected chi connectivity index (χ3v) is 3.38. The number of halogens is 1. The Kier molecular flexibility index (Phi) is 7.49. The summed E-state index contributed by atoms with van der Waals surface area (Å²) in [5.41, 5.74) is 0.738. The fourth-order valence-corrected chi connectivity index (χ4v) is 2.34. The highest BCUT2D eigenvalue weighted by Gasteiger charge is 2.13. The molecule has 0 saturated carbocycles. The van der Waals surface area contributed by atoms with Crippen molar-refractivity contribution in [2.75, 3.05) is 13.7 Å². The van der Waals surface area contributed by atoms with Gasteiger partial charge in [0.2, 0.25) is 0 Å². The van der Waals surface area contributed by atoms with Crippen molar-refractivity contribution >= 4 is 0 Å². The Hall–Kier alpha value is -1.09. The maximum Gasteiger partial charge on any atom is 0.168 e. The first-order valence-corrected chi connectivity index (χ1v) is 7.27. The van der Waals surface area contributed by atoms with Gasteiger partial charge in [0, 0.05) is 6.04 Å². The van der Waals surface area contributed by atoms with Crippen LogP contribution in [0.3, 0.4) is 0 Å². The van der Waals surface area contributed by atoms with Gasteiger partial charge in [-0.25, -0.2) is 4.39 Å². The van der Waals surface area contributed by atoms with Gasteiger partial charge >= 0.3 is 0 Å². The lowest BCUT2D eigenvalue weighted by molar-refractivity contribution is 0.381. The molecule has 3 heteroatoms. The molecular weight excluding hydrogens is 241 g/mol. The van der Waals surface area contributed by atoms with Crippen LogP contribution in [0.15, 0.2) is 18.2 Å². The van der Waals surface area contributed by atoms with Crippen LogP contribution >= 0.6 is 0 Å². The van der Waals surface area contributed by atoms with E-state index in [1.807, 2.05) is 12.1 Å². The Morgan fingerprint density at radius 1 is 1.26 bits per heavy atom. The topological polar surface area (TPSA) is 21.3 Å². The molecule has 0 aliphatic rings. The molecular formula is C16H26FNO. The van der Waals surface area contributed by atoms with Crippen LogP contribution in [0, 0.1) is 5.82 Å². The number of unbranched alkanes of at least 4 members (excludes halogenated alkanes) is 2. The smallest absolute Gasteiger partial charge is 0.168 e. The van der Waals surface area contributed by atoms with E-state index in [9.17, 15) is 4.39 Å². The fourth-order valence-electron chi connectivity index (χ4n) is 2.34. The number of hydrogen-bond acceptors (Lipinski definition) is 2. The molecule has 1 N–H and O–H groups in total. The van der Waals surface area contributed by atoms with Crippen molar-refractivity contribution in [2.45, 2.75) is 52.0 Å². The molecule has 0 bridgehead atoms. The van der Waals surface area contributed by atoms with Crippen molar-refractivity contribution in [1.82, 2.24) is 5.32 Å². The predicted molar refractivity (Wildman–Crippen MR) is 78.3 cm³/mol. The largest absolute Gasteiger partial charge is 0.494 e. The molecule has 1 aromatic rings. The normalized spacial score (nSPS) is 12.4. The van der Waals surface area contributed by atoms with Gasteiger partial charge in [-0.2, -0.15) is 0 Å². The van der Waals surface area contributed by atoms with Crippen molar-refractivity contribution in [1.29, 1.82) is 0 Å². The number of hydrogen-bond donors (Lipinski definition) is 1. The minimum absolute atomic E-state index is 0.219. The first-order chi connectivity index (χ1) is 9.22. The van der Waals surface area contributed by atoms with Crippen LogP contribution in [-0.2, 0) is 6.42 Å². The van der Waals surface area contributed by atoms with Gasteiger partial charge in [-0.15, -0.1) is 0 Å². The molecule has 0 aliphatic heterocycles. The van der Waals surface area contributed by atoms with Crippen molar-refractivity contribution in [3.8, 4) is 5.75 Å². The average Bonchev–Trinajstić information content (AvgIpc) is 2.41. The first-order valence-electron chi connectivity index (χ1n) is 7.27. The minimum Gasteiger partial charge on any atom is -0.494 e. The molecule has 0 aliphatic carbocycles. The highest BCUT2D eigenvalue weighted by Crippen LogP contribution is 2.22. The maximum atomic E-state index is 14.1. The van der Waals surface area contributed by atoms with E-state index in [2.05, 4.69) is 19.2 Å². The van der Waals surface area contributed by atoms with E-state index in [0.717, 1.165) is 24.9 Å². The van der Waals surface area contributed by atoms with Crippen LogP contribution < -0.4 is 10.1 Å². The van der Waals surface area contributed by atoms with E-state index in [0.29, 0.717) is 11.8 Å². The quantitative estimate of drug-likeness (QED) is 0.684. The Labute approximate surface area is 116 Å². The van der Waals surface area contributed by atoms with E-state index in [1.165, 1.54) is 26.4 Å². The number of likely N-dealkylation sites (N-methyl/N-ethyl adjacent to an activating group) is 1. The van der Waals surface area contributed by atoms with Crippen LogP contribution in [0.5, 0.6) is 5.75 Å².